The molecule has 2 aromatic rings. The Hall–Kier alpha value is -1.68. The van der Waals surface area contributed by atoms with Gasteiger partial charge in [0.15, 0.2) is 0 Å². The normalized spacial score (nSPS) is 12.4. The van der Waals surface area contributed by atoms with E-state index >= 15 is 0 Å². The molecule has 0 spiro atoms. The van der Waals surface area contributed by atoms with E-state index in [4.69, 9.17) is 21.8 Å². The van der Waals surface area contributed by atoms with Crippen molar-refractivity contribution in [2.75, 3.05) is 11.1 Å². The maximum absolute atomic E-state index is 6.03. The van der Waals surface area contributed by atoms with Crippen molar-refractivity contribution in [3.63, 3.8) is 0 Å². The minimum atomic E-state index is 0.176. The molecule has 5 heteroatoms. The second-order valence-electron chi connectivity index (χ2n) is 3.93. The predicted molar refractivity (Wildman–Crippen MR) is 69.2 cm³/mol. The van der Waals surface area contributed by atoms with Gasteiger partial charge in [-0.25, -0.2) is 4.98 Å². The molecule has 1 atom stereocenters. The predicted octanol–water partition coefficient (Wildman–Crippen LogP) is 2.95. The van der Waals surface area contributed by atoms with E-state index in [2.05, 4.69) is 10.3 Å². The third-order valence-electron chi connectivity index (χ3n) is 2.33. The van der Waals surface area contributed by atoms with E-state index < -0.39 is 0 Å². The Kier molecular flexibility index (Phi) is 3.54. The van der Waals surface area contributed by atoms with Gasteiger partial charge in [-0.2, -0.15) is 0 Å². The molecule has 2 aromatic heterocycles. The van der Waals surface area contributed by atoms with Gasteiger partial charge < -0.3 is 15.5 Å². The van der Waals surface area contributed by atoms with Crippen LogP contribution in [0.2, 0.25) is 5.02 Å². The third kappa shape index (κ3) is 3.14. The van der Waals surface area contributed by atoms with Crippen LogP contribution in [0.3, 0.4) is 0 Å². The van der Waals surface area contributed by atoms with Gasteiger partial charge in [0.1, 0.15) is 11.6 Å². The third-order valence-corrected chi connectivity index (χ3v) is 2.62. The molecule has 0 aliphatic carbocycles. The number of nitrogens with zero attached hydrogens (tertiary/aromatic N) is 1. The molecule has 17 heavy (non-hydrogen) atoms. The number of hydrogen-bond donors (Lipinski definition) is 2. The highest BCUT2D eigenvalue weighted by atomic mass is 35.5. The summed E-state index contributed by atoms with van der Waals surface area (Å²) in [6.07, 6.45) is 4.01. The Morgan fingerprint density at radius 3 is 3.06 bits per heavy atom. The molecule has 0 aliphatic heterocycles. The molecule has 0 fully saturated rings. The number of pyridine rings is 1. The standard InChI is InChI=1S/C12H14ClN3O/c1-8(5-10-3-2-4-17-10)16-12-11(13)6-9(14)7-15-12/h2-4,6-8H,5,14H2,1H3,(H,15,16). The number of anilines is 2. The number of aromatic nitrogens is 1. The van der Waals surface area contributed by atoms with E-state index in [-0.39, 0.29) is 6.04 Å². The van der Waals surface area contributed by atoms with Crippen LogP contribution in [0.15, 0.2) is 35.1 Å². The van der Waals surface area contributed by atoms with Crippen LogP contribution >= 0.6 is 11.6 Å². The van der Waals surface area contributed by atoms with Gasteiger partial charge in [0.2, 0.25) is 0 Å². The number of furan rings is 1. The quantitative estimate of drug-likeness (QED) is 0.877. The molecule has 4 nitrogen and oxygen atoms in total. The highest BCUT2D eigenvalue weighted by Gasteiger charge is 2.09. The zero-order valence-corrected chi connectivity index (χ0v) is 10.2. The van der Waals surface area contributed by atoms with Gasteiger partial charge >= 0.3 is 0 Å². The van der Waals surface area contributed by atoms with Crippen LogP contribution in [-0.4, -0.2) is 11.0 Å². The molecular weight excluding hydrogens is 238 g/mol. The molecule has 0 bridgehead atoms. The first-order valence-electron chi connectivity index (χ1n) is 5.35. The minimum Gasteiger partial charge on any atom is -0.469 e. The Bertz CT molecular complexity index is 485. The van der Waals surface area contributed by atoms with Crippen molar-refractivity contribution in [1.29, 1.82) is 0 Å². The molecule has 90 valence electrons. The Morgan fingerprint density at radius 2 is 2.41 bits per heavy atom. The van der Waals surface area contributed by atoms with E-state index in [0.29, 0.717) is 16.5 Å². The lowest BCUT2D eigenvalue weighted by Crippen LogP contribution is -2.18. The summed E-state index contributed by atoms with van der Waals surface area (Å²) in [6.45, 7) is 2.04. The molecule has 0 aromatic carbocycles. The molecule has 0 saturated heterocycles. The van der Waals surface area contributed by atoms with Crippen LogP contribution < -0.4 is 11.1 Å². The Morgan fingerprint density at radius 1 is 1.59 bits per heavy atom. The maximum Gasteiger partial charge on any atom is 0.145 e. The van der Waals surface area contributed by atoms with Crippen molar-refractivity contribution >= 4 is 23.1 Å². The van der Waals surface area contributed by atoms with E-state index in [1.807, 2.05) is 19.1 Å². The van der Waals surface area contributed by atoms with Gasteiger partial charge in [-0.05, 0) is 25.1 Å². The molecule has 0 aliphatic rings. The number of rotatable bonds is 4. The van der Waals surface area contributed by atoms with Crippen LogP contribution in [-0.2, 0) is 6.42 Å². The van der Waals surface area contributed by atoms with Crippen LogP contribution in [0.4, 0.5) is 11.5 Å². The summed E-state index contributed by atoms with van der Waals surface area (Å²) in [7, 11) is 0. The SMILES string of the molecule is CC(Cc1ccco1)Nc1ncc(N)cc1Cl. The molecule has 0 amide bonds. The summed E-state index contributed by atoms with van der Waals surface area (Å²) in [4.78, 5) is 4.15. The summed E-state index contributed by atoms with van der Waals surface area (Å²) in [5.41, 5.74) is 6.13. The summed E-state index contributed by atoms with van der Waals surface area (Å²) in [5.74, 6) is 1.57. The second-order valence-corrected chi connectivity index (χ2v) is 4.34. The van der Waals surface area contributed by atoms with E-state index in [0.717, 1.165) is 12.2 Å². The van der Waals surface area contributed by atoms with Crippen molar-refractivity contribution in [3.8, 4) is 0 Å². The molecule has 3 N–H and O–H groups in total. The molecule has 2 rings (SSSR count). The van der Waals surface area contributed by atoms with E-state index in [1.54, 1.807) is 18.5 Å². The van der Waals surface area contributed by atoms with Crippen molar-refractivity contribution in [2.45, 2.75) is 19.4 Å². The number of halogens is 1. The number of nitrogens with one attached hydrogen (secondary N) is 1. The fourth-order valence-electron chi connectivity index (χ4n) is 1.57. The molecule has 1 unspecified atom stereocenters. The zero-order valence-electron chi connectivity index (χ0n) is 9.48. The summed E-state index contributed by atoms with van der Waals surface area (Å²) in [6, 6.07) is 5.66. The average molecular weight is 252 g/mol. The van der Waals surface area contributed by atoms with Crippen molar-refractivity contribution in [2.24, 2.45) is 0 Å². The minimum absolute atomic E-state index is 0.176. The lowest BCUT2D eigenvalue weighted by molar-refractivity contribution is 0.497. The number of hydrogen-bond acceptors (Lipinski definition) is 4. The van der Waals surface area contributed by atoms with Gasteiger partial charge in [0.05, 0.1) is 23.2 Å². The first kappa shape index (κ1) is 11.8. The maximum atomic E-state index is 6.03. The largest absolute Gasteiger partial charge is 0.469 e. The topological polar surface area (TPSA) is 64.1 Å². The summed E-state index contributed by atoms with van der Waals surface area (Å²) in [5, 5.41) is 3.74. The fraction of sp³-hybridized carbons (Fsp3) is 0.250. The van der Waals surface area contributed by atoms with Crippen LogP contribution in [0, 0.1) is 0 Å². The number of nitrogens with two attached hydrogens (primary N) is 1. The van der Waals surface area contributed by atoms with Crippen molar-refractivity contribution in [1.82, 2.24) is 4.98 Å². The van der Waals surface area contributed by atoms with Crippen molar-refractivity contribution < 1.29 is 4.42 Å². The van der Waals surface area contributed by atoms with Crippen molar-refractivity contribution in [3.05, 3.63) is 41.4 Å². The van der Waals surface area contributed by atoms with Gasteiger partial charge in [-0.15, -0.1) is 0 Å². The van der Waals surface area contributed by atoms with E-state index in [1.165, 1.54) is 0 Å². The molecule has 0 saturated carbocycles. The van der Waals surface area contributed by atoms with Crippen LogP contribution in [0.1, 0.15) is 12.7 Å². The molecule has 2 heterocycles. The lowest BCUT2D eigenvalue weighted by Gasteiger charge is -2.14. The molecular formula is C12H14ClN3O. The molecule has 0 radical (unpaired) electrons. The highest BCUT2D eigenvalue weighted by Crippen LogP contribution is 2.22. The first-order valence-corrected chi connectivity index (χ1v) is 5.73. The summed E-state index contributed by atoms with van der Waals surface area (Å²) >= 11 is 6.03. The zero-order chi connectivity index (χ0) is 12.3. The summed E-state index contributed by atoms with van der Waals surface area (Å²) < 4.78 is 5.28. The smallest absolute Gasteiger partial charge is 0.145 e. The van der Waals surface area contributed by atoms with Gasteiger partial charge in [0.25, 0.3) is 0 Å². The fourth-order valence-corrected chi connectivity index (χ4v) is 1.80. The van der Waals surface area contributed by atoms with Gasteiger partial charge in [-0.3, -0.25) is 0 Å². The average Bonchev–Trinajstić information content (AvgIpc) is 2.75. The first-order chi connectivity index (χ1) is 8.15. The van der Waals surface area contributed by atoms with Gasteiger partial charge in [-0.1, -0.05) is 11.6 Å². The van der Waals surface area contributed by atoms with Crippen LogP contribution in [0.25, 0.3) is 0 Å². The lowest BCUT2D eigenvalue weighted by atomic mass is 10.2. The Balaban J connectivity index is 2.00. The second kappa shape index (κ2) is 5.10. The van der Waals surface area contributed by atoms with Crippen LogP contribution in [0.5, 0.6) is 0 Å². The van der Waals surface area contributed by atoms with Gasteiger partial charge in [0, 0.05) is 12.5 Å². The monoisotopic (exact) mass is 251 g/mol. The number of nitrogen functional groups attached to an aromatic ring is 1. The Labute approximate surface area is 105 Å². The highest BCUT2D eigenvalue weighted by molar-refractivity contribution is 6.33. The van der Waals surface area contributed by atoms with E-state index in [9.17, 15) is 0 Å².